The maximum absolute atomic E-state index is 12.2. The van der Waals surface area contributed by atoms with Crippen molar-refractivity contribution in [1.82, 2.24) is 0 Å². The van der Waals surface area contributed by atoms with Crippen molar-refractivity contribution < 1.29 is 23.8 Å². The Bertz CT molecular complexity index is 805. The van der Waals surface area contributed by atoms with Crippen molar-refractivity contribution in [3.05, 3.63) is 52.0 Å². The van der Waals surface area contributed by atoms with Crippen LogP contribution < -0.4 is 14.8 Å². The summed E-state index contributed by atoms with van der Waals surface area (Å²) < 4.78 is 16.3. The molecule has 1 N–H and O–H groups in total. The number of carbonyl (C=O) groups excluding carboxylic acids is 2. The van der Waals surface area contributed by atoms with Gasteiger partial charge in [-0.3, -0.25) is 4.79 Å². The van der Waals surface area contributed by atoms with E-state index in [-0.39, 0.29) is 11.9 Å². The van der Waals surface area contributed by atoms with Gasteiger partial charge in [-0.15, -0.1) is 0 Å². The van der Waals surface area contributed by atoms with E-state index in [1.54, 1.807) is 45.4 Å². The minimum Gasteiger partial charge on any atom is -0.493 e. The van der Waals surface area contributed by atoms with E-state index in [9.17, 15) is 9.59 Å². The lowest BCUT2D eigenvalue weighted by Gasteiger charge is -2.12. The number of carbonyl (C=O) groups is 2. The molecule has 0 unspecified atom stereocenters. The van der Waals surface area contributed by atoms with Crippen LogP contribution in [0.3, 0.4) is 0 Å². The lowest BCUT2D eigenvalue weighted by atomic mass is 10.1. The first-order valence-electron chi connectivity index (χ1n) is 8.46. The molecule has 1 amide bonds. The molecule has 144 valence electrons. The SMILES string of the molecule is CCOC(=O)c1ccc(NC(=O)CCc2cc(OC)c(OC)cc2Br)cc1. The Balaban J connectivity index is 1.95. The average molecular weight is 436 g/mol. The van der Waals surface area contributed by atoms with Crippen LogP contribution in [-0.4, -0.2) is 32.7 Å². The molecular weight excluding hydrogens is 414 g/mol. The van der Waals surface area contributed by atoms with Gasteiger partial charge in [-0.2, -0.15) is 0 Å². The molecule has 2 rings (SSSR count). The number of ether oxygens (including phenoxy) is 3. The molecule has 0 atom stereocenters. The minimum absolute atomic E-state index is 0.124. The van der Waals surface area contributed by atoms with Crippen molar-refractivity contribution in [1.29, 1.82) is 0 Å². The number of esters is 1. The van der Waals surface area contributed by atoms with Crippen LogP contribution in [0, 0.1) is 0 Å². The molecule has 7 heteroatoms. The fourth-order valence-corrected chi connectivity index (χ4v) is 2.98. The van der Waals surface area contributed by atoms with E-state index in [4.69, 9.17) is 14.2 Å². The Morgan fingerprint density at radius 1 is 1.04 bits per heavy atom. The third kappa shape index (κ3) is 5.72. The number of nitrogens with one attached hydrogen (secondary N) is 1. The number of benzene rings is 2. The predicted octanol–water partition coefficient (Wildman–Crippen LogP) is 4.21. The molecule has 0 aromatic heterocycles. The maximum Gasteiger partial charge on any atom is 0.338 e. The molecule has 27 heavy (non-hydrogen) atoms. The number of aryl methyl sites for hydroxylation is 1. The van der Waals surface area contributed by atoms with Crippen molar-refractivity contribution >= 4 is 33.5 Å². The summed E-state index contributed by atoms with van der Waals surface area (Å²) in [5.41, 5.74) is 2.02. The molecule has 0 aliphatic carbocycles. The van der Waals surface area contributed by atoms with Crippen molar-refractivity contribution in [2.75, 3.05) is 26.1 Å². The summed E-state index contributed by atoms with van der Waals surface area (Å²) in [7, 11) is 3.15. The van der Waals surface area contributed by atoms with Gasteiger partial charge in [0.05, 0.1) is 26.4 Å². The molecule has 0 aliphatic heterocycles. The molecule has 6 nitrogen and oxygen atoms in total. The lowest BCUT2D eigenvalue weighted by molar-refractivity contribution is -0.116. The highest BCUT2D eigenvalue weighted by Gasteiger charge is 2.12. The topological polar surface area (TPSA) is 73.9 Å². The van der Waals surface area contributed by atoms with Crippen LogP contribution in [0.5, 0.6) is 11.5 Å². The minimum atomic E-state index is -0.381. The smallest absolute Gasteiger partial charge is 0.338 e. The van der Waals surface area contributed by atoms with Gasteiger partial charge < -0.3 is 19.5 Å². The maximum atomic E-state index is 12.2. The lowest BCUT2D eigenvalue weighted by Crippen LogP contribution is -2.13. The van der Waals surface area contributed by atoms with E-state index in [0.29, 0.717) is 42.2 Å². The molecule has 2 aromatic rings. The van der Waals surface area contributed by atoms with Gasteiger partial charge in [0.1, 0.15) is 0 Å². The van der Waals surface area contributed by atoms with Crippen molar-refractivity contribution in [3.63, 3.8) is 0 Å². The van der Waals surface area contributed by atoms with E-state index >= 15 is 0 Å². The normalized spacial score (nSPS) is 10.2. The highest BCUT2D eigenvalue weighted by molar-refractivity contribution is 9.10. The molecule has 0 radical (unpaired) electrons. The second-order valence-corrected chi connectivity index (χ2v) is 6.50. The Morgan fingerprint density at radius 3 is 2.26 bits per heavy atom. The first-order chi connectivity index (χ1) is 13.0. The van der Waals surface area contributed by atoms with Crippen LogP contribution in [0.15, 0.2) is 40.9 Å². The molecule has 0 saturated heterocycles. The van der Waals surface area contributed by atoms with Gasteiger partial charge >= 0.3 is 5.97 Å². The van der Waals surface area contributed by atoms with E-state index in [1.807, 2.05) is 12.1 Å². The summed E-state index contributed by atoms with van der Waals surface area (Å²) >= 11 is 3.49. The van der Waals surface area contributed by atoms with Crippen LogP contribution in [0.4, 0.5) is 5.69 Å². The van der Waals surface area contributed by atoms with Crippen LogP contribution in [-0.2, 0) is 16.0 Å². The molecule has 0 bridgehead atoms. The second kappa shape index (κ2) is 9.97. The van der Waals surface area contributed by atoms with Crippen molar-refractivity contribution in [2.45, 2.75) is 19.8 Å². The van der Waals surface area contributed by atoms with Gasteiger partial charge in [0.15, 0.2) is 11.5 Å². The number of hydrogen-bond donors (Lipinski definition) is 1. The molecule has 0 spiro atoms. The van der Waals surface area contributed by atoms with Gasteiger partial charge in [-0.1, -0.05) is 15.9 Å². The summed E-state index contributed by atoms with van der Waals surface area (Å²) in [6.45, 7) is 2.08. The summed E-state index contributed by atoms with van der Waals surface area (Å²) in [6, 6.07) is 10.3. The first kappa shape index (κ1) is 20.8. The standard InChI is InChI=1S/C20H22BrNO5/c1-4-27-20(24)13-5-8-15(9-6-13)22-19(23)10-7-14-11-17(25-2)18(26-3)12-16(14)21/h5-6,8-9,11-12H,4,7,10H2,1-3H3,(H,22,23). The van der Waals surface area contributed by atoms with Crippen LogP contribution in [0.2, 0.25) is 0 Å². The summed E-state index contributed by atoms with van der Waals surface area (Å²) in [5.74, 6) is 0.735. The van der Waals surface area contributed by atoms with E-state index < -0.39 is 0 Å². The monoisotopic (exact) mass is 435 g/mol. The third-order valence-corrected chi connectivity index (χ3v) is 4.59. The summed E-state index contributed by atoms with van der Waals surface area (Å²) in [6.07, 6.45) is 0.835. The number of anilines is 1. The fourth-order valence-electron chi connectivity index (χ4n) is 2.46. The van der Waals surface area contributed by atoms with E-state index in [1.165, 1.54) is 0 Å². The quantitative estimate of drug-likeness (QED) is 0.628. The van der Waals surface area contributed by atoms with Gasteiger partial charge in [0.2, 0.25) is 5.91 Å². The molecule has 0 fully saturated rings. The van der Waals surface area contributed by atoms with Gasteiger partial charge in [0.25, 0.3) is 0 Å². The second-order valence-electron chi connectivity index (χ2n) is 5.64. The number of hydrogen-bond acceptors (Lipinski definition) is 5. The molecule has 0 aliphatic rings. The van der Waals surface area contributed by atoms with Gasteiger partial charge in [0, 0.05) is 16.6 Å². The molecular formula is C20H22BrNO5. The number of methoxy groups -OCH3 is 2. The van der Waals surface area contributed by atoms with Gasteiger partial charge in [-0.05, 0) is 55.3 Å². The number of halogens is 1. The summed E-state index contributed by atoms with van der Waals surface area (Å²) in [4.78, 5) is 23.9. The Kier molecular flexibility index (Phi) is 7.67. The highest BCUT2D eigenvalue weighted by atomic mass is 79.9. The summed E-state index contributed by atoms with van der Waals surface area (Å²) in [5, 5.41) is 2.82. The number of rotatable bonds is 8. The van der Waals surface area contributed by atoms with Crippen LogP contribution in [0.25, 0.3) is 0 Å². The zero-order valence-electron chi connectivity index (χ0n) is 15.5. The van der Waals surface area contributed by atoms with Crippen LogP contribution in [0.1, 0.15) is 29.3 Å². The van der Waals surface area contributed by atoms with E-state index in [0.717, 1.165) is 10.0 Å². The zero-order chi connectivity index (χ0) is 19.8. The fraction of sp³-hybridized carbons (Fsp3) is 0.300. The Hall–Kier alpha value is -2.54. The largest absolute Gasteiger partial charge is 0.493 e. The Morgan fingerprint density at radius 2 is 1.67 bits per heavy atom. The average Bonchev–Trinajstić information content (AvgIpc) is 2.67. The predicted molar refractivity (Wildman–Crippen MR) is 107 cm³/mol. The molecule has 0 heterocycles. The Labute approximate surface area is 166 Å². The third-order valence-electron chi connectivity index (χ3n) is 3.85. The zero-order valence-corrected chi connectivity index (χ0v) is 17.1. The van der Waals surface area contributed by atoms with Crippen molar-refractivity contribution in [3.8, 4) is 11.5 Å². The van der Waals surface area contributed by atoms with Gasteiger partial charge in [-0.25, -0.2) is 4.79 Å². The van der Waals surface area contributed by atoms with E-state index in [2.05, 4.69) is 21.2 Å². The first-order valence-corrected chi connectivity index (χ1v) is 9.25. The number of amides is 1. The molecule has 2 aromatic carbocycles. The van der Waals surface area contributed by atoms with Crippen LogP contribution >= 0.6 is 15.9 Å². The van der Waals surface area contributed by atoms with Crippen molar-refractivity contribution in [2.24, 2.45) is 0 Å². The highest BCUT2D eigenvalue weighted by Crippen LogP contribution is 2.33. The molecule has 0 saturated carbocycles.